The molecule has 18 heavy (non-hydrogen) atoms. The zero-order chi connectivity index (χ0) is 13.4. The maximum Gasteiger partial charge on any atom is 0.252 e. The van der Waals surface area contributed by atoms with E-state index in [1.165, 1.54) is 12.1 Å². The van der Waals surface area contributed by atoms with Crippen LogP contribution in [0.2, 0.25) is 5.02 Å². The number of halogens is 2. The predicted molar refractivity (Wildman–Crippen MR) is 72.8 cm³/mol. The minimum atomic E-state index is -0.462. The molecule has 2 N–H and O–H groups in total. The molecule has 1 amide bonds. The zero-order valence-electron chi connectivity index (χ0n) is 9.79. The van der Waals surface area contributed by atoms with Crippen LogP contribution in [0.3, 0.4) is 0 Å². The summed E-state index contributed by atoms with van der Waals surface area (Å²) in [6.07, 6.45) is 0.752. The van der Waals surface area contributed by atoms with Crippen molar-refractivity contribution in [1.82, 2.24) is 5.32 Å². The van der Waals surface area contributed by atoms with Gasteiger partial charge in [0, 0.05) is 18.9 Å². The van der Waals surface area contributed by atoms with E-state index in [2.05, 4.69) is 5.32 Å². The topological polar surface area (TPSA) is 49.3 Å². The Kier molecular flexibility index (Phi) is 7.08. The molecule has 0 fully saturated rings. The molecule has 0 aliphatic carbocycles. The lowest BCUT2D eigenvalue weighted by atomic mass is 10.2. The number of hydrogen-bond acceptors (Lipinski definition) is 3. The summed E-state index contributed by atoms with van der Waals surface area (Å²) in [6, 6.07) is 3.69. The number of rotatable bonds is 7. The molecule has 0 saturated carbocycles. The van der Waals surface area contributed by atoms with Crippen molar-refractivity contribution in [2.45, 2.75) is 6.42 Å². The first-order chi connectivity index (χ1) is 8.65. The summed E-state index contributed by atoms with van der Waals surface area (Å²) in [5, 5.41) is 11.4. The number of aliphatic hydroxyl groups excluding tert-OH is 1. The van der Waals surface area contributed by atoms with Gasteiger partial charge in [0.2, 0.25) is 0 Å². The summed E-state index contributed by atoms with van der Waals surface area (Å²) >= 11 is 7.43. The van der Waals surface area contributed by atoms with Gasteiger partial charge in [-0.1, -0.05) is 11.6 Å². The normalized spacial score (nSPS) is 10.4. The van der Waals surface area contributed by atoms with Crippen LogP contribution < -0.4 is 5.32 Å². The fourth-order valence-electron chi connectivity index (χ4n) is 1.27. The van der Waals surface area contributed by atoms with Gasteiger partial charge in [0.25, 0.3) is 5.91 Å². The van der Waals surface area contributed by atoms with E-state index >= 15 is 0 Å². The van der Waals surface area contributed by atoms with Gasteiger partial charge in [0.05, 0.1) is 10.6 Å². The Labute approximate surface area is 115 Å². The second-order valence-corrected chi connectivity index (χ2v) is 5.20. The highest BCUT2D eigenvalue weighted by Gasteiger charge is 2.10. The van der Waals surface area contributed by atoms with Gasteiger partial charge in [-0.3, -0.25) is 4.79 Å². The number of aliphatic hydroxyl groups is 1. The number of hydrogen-bond donors (Lipinski definition) is 2. The molecule has 0 radical (unpaired) electrons. The summed E-state index contributed by atoms with van der Waals surface area (Å²) in [5.41, 5.74) is 0.276. The number of carbonyl (C=O) groups is 1. The van der Waals surface area contributed by atoms with Crippen LogP contribution >= 0.6 is 23.4 Å². The van der Waals surface area contributed by atoms with E-state index in [0.29, 0.717) is 6.54 Å². The molecule has 0 aliphatic rings. The lowest BCUT2D eigenvalue weighted by Crippen LogP contribution is -2.26. The van der Waals surface area contributed by atoms with Gasteiger partial charge in [0.15, 0.2) is 0 Å². The third-order valence-corrected chi connectivity index (χ3v) is 3.54. The van der Waals surface area contributed by atoms with Crippen molar-refractivity contribution < 1.29 is 14.3 Å². The number of amides is 1. The lowest BCUT2D eigenvalue weighted by Gasteiger charge is -2.06. The fourth-order valence-corrected chi connectivity index (χ4v) is 2.31. The third-order valence-electron chi connectivity index (χ3n) is 2.15. The molecule has 0 aliphatic heterocycles. The number of carbonyl (C=O) groups excluding carboxylic acids is 1. The standard InChI is InChI=1S/C12H15ClFNO2S/c13-11-8-9(14)2-3-10(11)12(17)15-4-7-18-6-1-5-16/h2-3,8,16H,1,4-7H2,(H,15,17). The van der Waals surface area contributed by atoms with Gasteiger partial charge in [-0.05, 0) is 30.4 Å². The molecular weight excluding hydrogens is 277 g/mol. The molecule has 6 heteroatoms. The first-order valence-electron chi connectivity index (χ1n) is 5.57. The maximum absolute atomic E-state index is 12.8. The summed E-state index contributed by atoms with van der Waals surface area (Å²) in [5.74, 6) is 0.868. The van der Waals surface area contributed by atoms with Crippen LogP contribution in [0.5, 0.6) is 0 Å². The Morgan fingerprint density at radius 3 is 2.89 bits per heavy atom. The second-order valence-electron chi connectivity index (χ2n) is 3.57. The van der Waals surface area contributed by atoms with Crippen molar-refractivity contribution in [3.63, 3.8) is 0 Å². The summed E-state index contributed by atoms with van der Waals surface area (Å²) in [6.45, 7) is 0.702. The van der Waals surface area contributed by atoms with Gasteiger partial charge < -0.3 is 10.4 Å². The van der Waals surface area contributed by atoms with E-state index in [4.69, 9.17) is 16.7 Å². The average Bonchev–Trinajstić information content (AvgIpc) is 2.33. The Morgan fingerprint density at radius 2 is 2.22 bits per heavy atom. The molecule has 0 spiro atoms. The molecule has 0 heterocycles. The van der Waals surface area contributed by atoms with E-state index in [0.717, 1.165) is 24.0 Å². The van der Waals surface area contributed by atoms with Crippen molar-refractivity contribution in [2.24, 2.45) is 0 Å². The highest BCUT2D eigenvalue weighted by Crippen LogP contribution is 2.16. The Bertz CT molecular complexity index is 404. The van der Waals surface area contributed by atoms with Crippen LogP contribution in [0, 0.1) is 5.82 Å². The first-order valence-corrected chi connectivity index (χ1v) is 7.10. The molecule has 0 atom stereocenters. The molecule has 1 aromatic rings. The molecule has 0 saturated heterocycles. The quantitative estimate of drug-likeness (QED) is 0.758. The molecule has 0 unspecified atom stereocenters. The smallest absolute Gasteiger partial charge is 0.252 e. The van der Waals surface area contributed by atoms with Crippen LogP contribution in [-0.2, 0) is 0 Å². The van der Waals surface area contributed by atoms with Gasteiger partial charge in [-0.15, -0.1) is 0 Å². The van der Waals surface area contributed by atoms with Crippen LogP contribution in [-0.4, -0.2) is 35.7 Å². The molecule has 3 nitrogen and oxygen atoms in total. The third kappa shape index (κ3) is 5.25. The number of benzene rings is 1. The van der Waals surface area contributed by atoms with E-state index < -0.39 is 5.82 Å². The highest BCUT2D eigenvalue weighted by molar-refractivity contribution is 7.99. The fraction of sp³-hybridized carbons (Fsp3) is 0.417. The maximum atomic E-state index is 12.8. The summed E-state index contributed by atoms with van der Waals surface area (Å²) < 4.78 is 12.8. The lowest BCUT2D eigenvalue weighted by molar-refractivity contribution is 0.0956. The van der Waals surface area contributed by atoms with Gasteiger partial charge in [-0.2, -0.15) is 11.8 Å². The molecule has 0 aromatic heterocycles. The SMILES string of the molecule is O=C(NCCSCCCO)c1ccc(F)cc1Cl. The Hall–Kier alpha value is -0.780. The van der Waals surface area contributed by atoms with Crippen molar-refractivity contribution in [3.8, 4) is 0 Å². The van der Waals surface area contributed by atoms with Crippen LogP contribution in [0.25, 0.3) is 0 Å². The average molecular weight is 292 g/mol. The molecule has 0 bridgehead atoms. The molecule has 1 aromatic carbocycles. The summed E-state index contributed by atoms with van der Waals surface area (Å²) in [4.78, 5) is 11.7. The first kappa shape index (κ1) is 15.3. The monoisotopic (exact) mass is 291 g/mol. The summed E-state index contributed by atoms with van der Waals surface area (Å²) in [7, 11) is 0. The minimum Gasteiger partial charge on any atom is -0.396 e. The largest absolute Gasteiger partial charge is 0.396 e. The number of nitrogens with one attached hydrogen (secondary N) is 1. The van der Waals surface area contributed by atoms with Crippen molar-refractivity contribution in [1.29, 1.82) is 0 Å². The molecule has 1 rings (SSSR count). The van der Waals surface area contributed by atoms with E-state index in [1.807, 2.05) is 0 Å². The van der Waals surface area contributed by atoms with Crippen LogP contribution in [0.1, 0.15) is 16.8 Å². The van der Waals surface area contributed by atoms with Crippen molar-refractivity contribution in [2.75, 3.05) is 24.7 Å². The Balaban J connectivity index is 2.32. The van der Waals surface area contributed by atoms with Gasteiger partial charge >= 0.3 is 0 Å². The van der Waals surface area contributed by atoms with Gasteiger partial charge in [0.1, 0.15) is 5.82 Å². The predicted octanol–water partition coefficient (Wildman–Crippen LogP) is 2.32. The van der Waals surface area contributed by atoms with E-state index in [-0.39, 0.29) is 23.1 Å². The van der Waals surface area contributed by atoms with E-state index in [9.17, 15) is 9.18 Å². The Morgan fingerprint density at radius 1 is 1.44 bits per heavy atom. The van der Waals surface area contributed by atoms with Gasteiger partial charge in [-0.25, -0.2) is 4.39 Å². The molecule has 100 valence electrons. The van der Waals surface area contributed by atoms with Crippen molar-refractivity contribution in [3.05, 3.63) is 34.6 Å². The van der Waals surface area contributed by atoms with Crippen LogP contribution in [0.15, 0.2) is 18.2 Å². The second kappa shape index (κ2) is 8.34. The molecular formula is C12H15ClFNO2S. The van der Waals surface area contributed by atoms with Crippen molar-refractivity contribution >= 4 is 29.3 Å². The van der Waals surface area contributed by atoms with Crippen LogP contribution in [0.4, 0.5) is 4.39 Å². The number of thioether (sulfide) groups is 1. The highest BCUT2D eigenvalue weighted by atomic mass is 35.5. The van der Waals surface area contributed by atoms with E-state index in [1.54, 1.807) is 11.8 Å². The minimum absolute atomic E-state index is 0.112. The zero-order valence-corrected chi connectivity index (χ0v) is 11.4.